The third kappa shape index (κ3) is 3.44. The summed E-state index contributed by atoms with van der Waals surface area (Å²) in [5.74, 6) is -1.06. The molecule has 74 valence electrons. The molecule has 0 heterocycles. The van der Waals surface area contributed by atoms with Crippen LogP contribution in [-0.4, -0.2) is 11.1 Å². The number of allylic oxidation sites excluding steroid dienone is 1. The highest BCUT2D eigenvalue weighted by Crippen LogP contribution is 2.06. The van der Waals surface area contributed by atoms with Gasteiger partial charge in [0.15, 0.2) is 0 Å². The Kier molecular flexibility index (Phi) is 3.92. The Labute approximate surface area is 83.9 Å². The van der Waals surface area contributed by atoms with Crippen LogP contribution in [0.3, 0.4) is 0 Å². The number of aliphatic carboxylic acids is 1. The first kappa shape index (κ1) is 10.5. The molecule has 2 heteroatoms. The van der Waals surface area contributed by atoms with Gasteiger partial charge >= 0.3 is 5.97 Å². The summed E-state index contributed by atoms with van der Waals surface area (Å²) in [4.78, 5) is 10.5. The normalized spacial score (nSPS) is 12.9. The molecule has 1 aromatic rings. The van der Waals surface area contributed by atoms with Crippen LogP contribution in [0.2, 0.25) is 0 Å². The Morgan fingerprint density at radius 1 is 1.43 bits per heavy atom. The molecule has 0 aromatic heterocycles. The van der Waals surface area contributed by atoms with E-state index in [2.05, 4.69) is 0 Å². The molecule has 1 N–H and O–H groups in total. The van der Waals surface area contributed by atoms with Crippen LogP contribution in [0, 0.1) is 5.92 Å². The fourth-order valence-corrected chi connectivity index (χ4v) is 1.07. The fraction of sp³-hybridized carbons (Fsp3) is 0.250. The number of rotatable bonds is 4. The monoisotopic (exact) mass is 190 g/mol. The first-order chi connectivity index (χ1) is 6.70. The van der Waals surface area contributed by atoms with E-state index < -0.39 is 5.97 Å². The minimum Gasteiger partial charge on any atom is -0.481 e. The Hall–Kier alpha value is -1.57. The average Bonchev–Trinajstić information content (AvgIpc) is 2.19. The lowest BCUT2D eigenvalue weighted by molar-refractivity contribution is -0.140. The Morgan fingerprint density at radius 2 is 2.07 bits per heavy atom. The van der Waals surface area contributed by atoms with E-state index in [4.69, 9.17) is 5.11 Å². The van der Waals surface area contributed by atoms with Gasteiger partial charge in [-0.1, -0.05) is 49.4 Å². The van der Waals surface area contributed by atoms with Gasteiger partial charge in [0.1, 0.15) is 0 Å². The second-order valence-corrected chi connectivity index (χ2v) is 3.29. The van der Waals surface area contributed by atoms with E-state index in [0.717, 1.165) is 5.56 Å². The van der Waals surface area contributed by atoms with Gasteiger partial charge < -0.3 is 5.11 Å². The lowest BCUT2D eigenvalue weighted by Crippen LogP contribution is -2.07. The van der Waals surface area contributed by atoms with Crippen molar-refractivity contribution in [2.24, 2.45) is 5.92 Å². The standard InChI is InChI=1S/C12H14O2/c1-10(12(13)14)6-5-9-11-7-3-2-4-8-11/h2-5,7-10H,6H2,1H3,(H,13,14)/b9-5+. The maximum absolute atomic E-state index is 10.5. The zero-order chi connectivity index (χ0) is 10.4. The van der Waals surface area contributed by atoms with Crippen LogP contribution in [0.25, 0.3) is 6.08 Å². The van der Waals surface area contributed by atoms with Crippen LogP contribution in [0.5, 0.6) is 0 Å². The molecule has 0 amide bonds. The first-order valence-corrected chi connectivity index (χ1v) is 4.64. The number of hydrogen-bond acceptors (Lipinski definition) is 1. The van der Waals surface area contributed by atoms with Crippen molar-refractivity contribution in [3.05, 3.63) is 42.0 Å². The highest BCUT2D eigenvalue weighted by Gasteiger charge is 2.07. The maximum Gasteiger partial charge on any atom is 0.306 e. The zero-order valence-electron chi connectivity index (χ0n) is 8.18. The van der Waals surface area contributed by atoms with E-state index in [9.17, 15) is 4.79 Å². The molecule has 0 spiro atoms. The van der Waals surface area contributed by atoms with Gasteiger partial charge in [0.05, 0.1) is 5.92 Å². The van der Waals surface area contributed by atoms with E-state index in [1.807, 2.05) is 42.5 Å². The van der Waals surface area contributed by atoms with E-state index >= 15 is 0 Å². The van der Waals surface area contributed by atoms with Gasteiger partial charge in [0.2, 0.25) is 0 Å². The molecule has 1 atom stereocenters. The summed E-state index contributed by atoms with van der Waals surface area (Å²) in [7, 11) is 0. The Bertz CT molecular complexity index is 314. The summed E-state index contributed by atoms with van der Waals surface area (Å²) in [6, 6.07) is 9.85. The van der Waals surface area contributed by atoms with Crippen LogP contribution < -0.4 is 0 Å². The summed E-state index contributed by atoms with van der Waals surface area (Å²) < 4.78 is 0. The van der Waals surface area contributed by atoms with Crippen LogP contribution >= 0.6 is 0 Å². The van der Waals surface area contributed by atoms with Gasteiger partial charge in [0.25, 0.3) is 0 Å². The van der Waals surface area contributed by atoms with Crippen molar-refractivity contribution in [1.29, 1.82) is 0 Å². The minimum atomic E-state index is -0.747. The number of carboxylic acid groups (broad SMARTS) is 1. The molecule has 0 fully saturated rings. The van der Waals surface area contributed by atoms with Crippen LogP contribution in [0.1, 0.15) is 18.9 Å². The predicted molar refractivity (Wildman–Crippen MR) is 56.9 cm³/mol. The zero-order valence-corrected chi connectivity index (χ0v) is 8.18. The van der Waals surface area contributed by atoms with E-state index in [-0.39, 0.29) is 5.92 Å². The molecule has 0 aliphatic rings. The number of carbonyl (C=O) groups is 1. The first-order valence-electron chi connectivity index (χ1n) is 4.64. The third-order valence-corrected chi connectivity index (χ3v) is 2.02. The molecule has 0 aliphatic heterocycles. The van der Waals surface area contributed by atoms with Crippen LogP contribution in [-0.2, 0) is 4.79 Å². The quantitative estimate of drug-likeness (QED) is 0.792. The summed E-state index contributed by atoms with van der Waals surface area (Å²) >= 11 is 0. The summed E-state index contributed by atoms with van der Waals surface area (Å²) in [5, 5.41) is 8.65. The predicted octanol–water partition coefficient (Wildman–Crippen LogP) is 2.81. The highest BCUT2D eigenvalue weighted by atomic mass is 16.4. The Balaban J connectivity index is 2.46. The van der Waals surface area contributed by atoms with Crippen LogP contribution in [0.4, 0.5) is 0 Å². The van der Waals surface area contributed by atoms with Crippen molar-refractivity contribution >= 4 is 12.0 Å². The second-order valence-electron chi connectivity index (χ2n) is 3.29. The summed E-state index contributed by atoms with van der Waals surface area (Å²) in [5.41, 5.74) is 1.10. The molecule has 0 bridgehead atoms. The van der Waals surface area contributed by atoms with Gasteiger partial charge in [-0.3, -0.25) is 4.79 Å². The molecule has 0 radical (unpaired) electrons. The molecule has 1 aromatic carbocycles. The molecule has 0 saturated heterocycles. The lowest BCUT2D eigenvalue weighted by Gasteiger charge is -1.99. The molecule has 2 nitrogen and oxygen atoms in total. The van der Waals surface area contributed by atoms with Gasteiger partial charge in [-0.15, -0.1) is 0 Å². The van der Waals surface area contributed by atoms with E-state index in [1.54, 1.807) is 6.92 Å². The number of hydrogen-bond donors (Lipinski definition) is 1. The van der Waals surface area contributed by atoms with Gasteiger partial charge in [-0.25, -0.2) is 0 Å². The number of carboxylic acids is 1. The molecular weight excluding hydrogens is 176 g/mol. The van der Waals surface area contributed by atoms with Crippen molar-refractivity contribution in [3.63, 3.8) is 0 Å². The fourth-order valence-electron chi connectivity index (χ4n) is 1.07. The van der Waals surface area contributed by atoms with E-state index in [0.29, 0.717) is 6.42 Å². The maximum atomic E-state index is 10.5. The van der Waals surface area contributed by atoms with Gasteiger partial charge in [-0.05, 0) is 12.0 Å². The van der Waals surface area contributed by atoms with Gasteiger partial charge in [0, 0.05) is 0 Å². The Morgan fingerprint density at radius 3 is 2.64 bits per heavy atom. The summed E-state index contributed by atoms with van der Waals surface area (Å²) in [6.45, 7) is 1.71. The molecule has 0 aliphatic carbocycles. The minimum absolute atomic E-state index is 0.310. The van der Waals surface area contributed by atoms with Crippen LogP contribution in [0.15, 0.2) is 36.4 Å². The third-order valence-electron chi connectivity index (χ3n) is 2.02. The van der Waals surface area contributed by atoms with E-state index in [1.165, 1.54) is 0 Å². The number of benzene rings is 1. The second kappa shape index (κ2) is 5.22. The molecule has 1 rings (SSSR count). The molecule has 14 heavy (non-hydrogen) atoms. The SMILES string of the molecule is CC(C/C=C/c1ccccc1)C(=O)O. The van der Waals surface area contributed by atoms with Crippen molar-refractivity contribution in [2.75, 3.05) is 0 Å². The summed E-state index contributed by atoms with van der Waals surface area (Å²) in [6.07, 6.45) is 4.41. The van der Waals surface area contributed by atoms with Crippen molar-refractivity contribution in [2.45, 2.75) is 13.3 Å². The largest absolute Gasteiger partial charge is 0.481 e. The molecule has 1 unspecified atom stereocenters. The molecular formula is C12H14O2. The lowest BCUT2D eigenvalue weighted by atomic mass is 10.1. The molecule has 0 saturated carbocycles. The average molecular weight is 190 g/mol. The smallest absolute Gasteiger partial charge is 0.306 e. The van der Waals surface area contributed by atoms with Crippen molar-refractivity contribution in [1.82, 2.24) is 0 Å². The van der Waals surface area contributed by atoms with Crippen molar-refractivity contribution < 1.29 is 9.90 Å². The topological polar surface area (TPSA) is 37.3 Å². The van der Waals surface area contributed by atoms with Gasteiger partial charge in [-0.2, -0.15) is 0 Å². The van der Waals surface area contributed by atoms with Crippen molar-refractivity contribution in [3.8, 4) is 0 Å². The highest BCUT2D eigenvalue weighted by molar-refractivity contribution is 5.69.